The first-order chi connectivity index (χ1) is 8.70. The van der Waals surface area contributed by atoms with Gasteiger partial charge in [-0.05, 0) is 19.4 Å². The molecule has 1 aliphatic heterocycles. The van der Waals surface area contributed by atoms with Crippen LogP contribution in [0, 0.1) is 0 Å². The van der Waals surface area contributed by atoms with Crippen molar-refractivity contribution < 1.29 is 9.59 Å². The number of carbonyl (C=O) groups excluding carboxylic acids is 2. The quantitative estimate of drug-likeness (QED) is 0.679. The molecule has 2 rings (SSSR count). The summed E-state index contributed by atoms with van der Waals surface area (Å²) < 4.78 is 1.44. The molecule has 0 unspecified atom stereocenters. The highest BCUT2D eigenvalue weighted by Crippen LogP contribution is 2.01. The Kier molecular flexibility index (Phi) is 3.88. The number of rotatable bonds is 5. The predicted molar refractivity (Wildman–Crippen MR) is 62.5 cm³/mol. The molecule has 0 aromatic carbocycles. The van der Waals surface area contributed by atoms with Gasteiger partial charge in [-0.2, -0.15) is 0 Å². The van der Waals surface area contributed by atoms with Gasteiger partial charge in [0.2, 0.25) is 0 Å². The van der Waals surface area contributed by atoms with Gasteiger partial charge in [0, 0.05) is 19.3 Å². The molecule has 0 radical (unpaired) electrons. The molecule has 1 aromatic rings. The molecule has 1 saturated heterocycles. The SMILES string of the molecule is NCCCc1cn(CC(=O)N2CCNC2=O)nn1. The van der Waals surface area contributed by atoms with E-state index in [1.807, 2.05) is 0 Å². The second-order valence-electron chi connectivity index (χ2n) is 4.08. The molecular formula is C10H16N6O2. The van der Waals surface area contributed by atoms with Crippen molar-refractivity contribution in [1.82, 2.24) is 25.2 Å². The summed E-state index contributed by atoms with van der Waals surface area (Å²) in [5.74, 6) is -0.278. The highest BCUT2D eigenvalue weighted by molar-refractivity contribution is 5.95. The maximum atomic E-state index is 11.8. The molecule has 1 aliphatic rings. The molecule has 98 valence electrons. The van der Waals surface area contributed by atoms with Gasteiger partial charge in [0.25, 0.3) is 5.91 Å². The van der Waals surface area contributed by atoms with E-state index in [4.69, 9.17) is 5.73 Å². The first-order valence-electron chi connectivity index (χ1n) is 5.88. The number of aryl methyl sites for hydroxylation is 1. The van der Waals surface area contributed by atoms with Gasteiger partial charge < -0.3 is 11.1 Å². The molecule has 8 heteroatoms. The number of urea groups is 1. The predicted octanol–water partition coefficient (Wildman–Crippen LogP) is -1.28. The van der Waals surface area contributed by atoms with Gasteiger partial charge in [-0.3, -0.25) is 9.69 Å². The Morgan fingerprint density at radius 3 is 3.06 bits per heavy atom. The van der Waals surface area contributed by atoms with Gasteiger partial charge in [0.05, 0.1) is 5.69 Å². The number of imide groups is 1. The smallest absolute Gasteiger partial charge is 0.324 e. The molecule has 18 heavy (non-hydrogen) atoms. The Morgan fingerprint density at radius 2 is 2.39 bits per heavy atom. The van der Waals surface area contributed by atoms with E-state index in [2.05, 4.69) is 15.6 Å². The van der Waals surface area contributed by atoms with Crippen molar-refractivity contribution in [3.05, 3.63) is 11.9 Å². The molecule has 3 N–H and O–H groups in total. The Hall–Kier alpha value is -1.96. The molecule has 0 saturated carbocycles. The van der Waals surface area contributed by atoms with Crippen LogP contribution in [-0.4, -0.2) is 51.5 Å². The van der Waals surface area contributed by atoms with Crippen LogP contribution in [0.3, 0.4) is 0 Å². The van der Waals surface area contributed by atoms with E-state index in [1.165, 1.54) is 9.58 Å². The molecule has 0 bridgehead atoms. The monoisotopic (exact) mass is 252 g/mol. The largest absolute Gasteiger partial charge is 0.336 e. The normalized spacial score (nSPS) is 14.9. The summed E-state index contributed by atoms with van der Waals surface area (Å²) in [6, 6.07) is -0.344. The van der Waals surface area contributed by atoms with Crippen LogP contribution in [0.15, 0.2) is 6.20 Å². The highest BCUT2D eigenvalue weighted by atomic mass is 16.2. The zero-order valence-corrected chi connectivity index (χ0v) is 10.0. The molecule has 0 spiro atoms. The lowest BCUT2D eigenvalue weighted by molar-refractivity contribution is -0.128. The summed E-state index contributed by atoms with van der Waals surface area (Å²) >= 11 is 0. The zero-order valence-electron chi connectivity index (χ0n) is 10.0. The van der Waals surface area contributed by atoms with E-state index >= 15 is 0 Å². The second-order valence-corrected chi connectivity index (χ2v) is 4.08. The molecule has 3 amide bonds. The summed E-state index contributed by atoms with van der Waals surface area (Å²) in [6.45, 7) is 1.54. The number of nitrogens with one attached hydrogen (secondary N) is 1. The van der Waals surface area contributed by atoms with Crippen molar-refractivity contribution in [3.8, 4) is 0 Å². The molecule has 1 fully saturated rings. The fraction of sp³-hybridized carbons (Fsp3) is 0.600. The van der Waals surface area contributed by atoms with Crippen molar-refractivity contribution in [2.75, 3.05) is 19.6 Å². The van der Waals surface area contributed by atoms with E-state index in [-0.39, 0.29) is 18.5 Å². The number of carbonyl (C=O) groups is 2. The first-order valence-corrected chi connectivity index (χ1v) is 5.88. The summed E-state index contributed by atoms with van der Waals surface area (Å²) in [6.07, 6.45) is 3.29. The molecule has 0 atom stereocenters. The molecule has 1 aromatic heterocycles. The van der Waals surface area contributed by atoms with Crippen LogP contribution in [0.5, 0.6) is 0 Å². The van der Waals surface area contributed by atoms with Crippen LogP contribution in [0.4, 0.5) is 4.79 Å². The van der Waals surface area contributed by atoms with Gasteiger partial charge in [0.1, 0.15) is 6.54 Å². The minimum atomic E-state index is -0.344. The van der Waals surface area contributed by atoms with Crippen molar-refractivity contribution in [2.24, 2.45) is 5.73 Å². The summed E-state index contributed by atoms with van der Waals surface area (Å²) in [4.78, 5) is 24.3. The second kappa shape index (κ2) is 5.58. The molecule has 2 heterocycles. The standard InChI is InChI=1S/C10H16N6O2/c11-3-1-2-8-6-15(14-13-8)7-9(17)16-5-4-12-10(16)18/h6H,1-5,7,11H2,(H,12,18). The summed E-state index contributed by atoms with van der Waals surface area (Å²) in [5.41, 5.74) is 6.21. The van der Waals surface area contributed by atoms with Gasteiger partial charge in [-0.15, -0.1) is 5.10 Å². The maximum Gasteiger partial charge on any atom is 0.324 e. The Balaban J connectivity index is 1.90. The fourth-order valence-electron chi connectivity index (χ4n) is 1.75. The Bertz CT molecular complexity index is 443. The van der Waals surface area contributed by atoms with Crippen LogP contribution in [0.25, 0.3) is 0 Å². The zero-order chi connectivity index (χ0) is 13.0. The highest BCUT2D eigenvalue weighted by Gasteiger charge is 2.26. The maximum absolute atomic E-state index is 11.8. The van der Waals surface area contributed by atoms with Crippen molar-refractivity contribution in [1.29, 1.82) is 0 Å². The summed E-state index contributed by atoms with van der Waals surface area (Å²) in [7, 11) is 0. The number of nitrogens with two attached hydrogens (primary N) is 1. The molecule has 8 nitrogen and oxygen atoms in total. The molecule has 0 aliphatic carbocycles. The third-order valence-electron chi connectivity index (χ3n) is 2.68. The van der Waals surface area contributed by atoms with Crippen LogP contribution >= 0.6 is 0 Å². The van der Waals surface area contributed by atoms with E-state index in [0.717, 1.165) is 18.5 Å². The lowest BCUT2D eigenvalue weighted by Gasteiger charge is -2.11. The van der Waals surface area contributed by atoms with Gasteiger partial charge in [-0.1, -0.05) is 5.21 Å². The van der Waals surface area contributed by atoms with Crippen LogP contribution in [-0.2, 0) is 17.8 Å². The third kappa shape index (κ3) is 2.83. The fourth-order valence-corrected chi connectivity index (χ4v) is 1.75. The average molecular weight is 252 g/mol. The Labute approximate surface area is 104 Å². The van der Waals surface area contributed by atoms with Crippen LogP contribution in [0.2, 0.25) is 0 Å². The summed E-state index contributed by atoms with van der Waals surface area (Å²) in [5, 5.41) is 10.4. The number of hydrogen-bond acceptors (Lipinski definition) is 5. The van der Waals surface area contributed by atoms with Gasteiger partial charge in [0.15, 0.2) is 0 Å². The van der Waals surface area contributed by atoms with Crippen molar-refractivity contribution >= 4 is 11.9 Å². The average Bonchev–Trinajstić information content (AvgIpc) is 2.95. The number of aromatic nitrogens is 3. The minimum Gasteiger partial charge on any atom is -0.336 e. The lowest BCUT2D eigenvalue weighted by atomic mass is 10.2. The van der Waals surface area contributed by atoms with E-state index in [9.17, 15) is 9.59 Å². The lowest BCUT2D eigenvalue weighted by Crippen LogP contribution is -2.36. The Morgan fingerprint density at radius 1 is 1.56 bits per heavy atom. The number of hydrogen-bond donors (Lipinski definition) is 2. The van der Waals surface area contributed by atoms with Crippen LogP contribution < -0.4 is 11.1 Å². The van der Waals surface area contributed by atoms with Crippen molar-refractivity contribution in [3.63, 3.8) is 0 Å². The van der Waals surface area contributed by atoms with E-state index in [0.29, 0.717) is 19.6 Å². The van der Waals surface area contributed by atoms with Gasteiger partial charge in [-0.25, -0.2) is 9.48 Å². The number of nitrogens with zero attached hydrogens (tertiary/aromatic N) is 4. The topological polar surface area (TPSA) is 106 Å². The van der Waals surface area contributed by atoms with Crippen LogP contribution in [0.1, 0.15) is 12.1 Å². The molecular weight excluding hydrogens is 236 g/mol. The first kappa shape index (κ1) is 12.5. The number of amides is 3. The minimum absolute atomic E-state index is 0.0308. The van der Waals surface area contributed by atoms with E-state index in [1.54, 1.807) is 6.20 Å². The van der Waals surface area contributed by atoms with E-state index < -0.39 is 0 Å². The van der Waals surface area contributed by atoms with Gasteiger partial charge >= 0.3 is 6.03 Å². The third-order valence-corrected chi connectivity index (χ3v) is 2.68. The van der Waals surface area contributed by atoms with Crippen molar-refractivity contribution in [2.45, 2.75) is 19.4 Å².